The predicted molar refractivity (Wildman–Crippen MR) is 264 cm³/mol. The zero-order chi connectivity index (χ0) is 47.5. The molecule has 18 nitrogen and oxygen atoms in total. The van der Waals surface area contributed by atoms with E-state index in [1.807, 2.05) is 67.7 Å². The Labute approximate surface area is 402 Å². The highest BCUT2D eigenvalue weighted by atomic mass is 16.7. The Morgan fingerprint density at radius 2 is 1.23 bits per heavy atom. The number of piperidine rings is 1. The zero-order valence-corrected chi connectivity index (χ0v) is 39.8. The Hall–Kier alpha value is -6.86. The second-order valence-electron chi connectivity index (χ2n) is 19.0. The fourth-order valence-corrected chi connectivity index (χ4v) is 9.33. The number of methoxy groups -OCH3 is 1. The molecule has 8 heterocycles. The van der Waals surface area contributed by atoms with Crippen LogP contribution in [-0.4, -0.2) is 137 Å². The van der Waals surface area contributed by atoms with Crippen LogP contribution in [0.2, 0.25) is 0 Å². The fraction of sp³-hybridized carbons (Fsp3) is 0.412. The van der Waals surface area contributed by atoms with Crippen molar-refractivity contribution in [2.75, 3.05) is 102 Å². The third-order valence-electron chi connectivity index (χ3n) is 13.6. The minimum Gasteiger partial charge on any atom is -0.494 e. The normalized spacial score (nSPS) is 21.2. The van der Waals surface area contributed by atoms with Crippen LogP contribution in [0.1, 0.15) is 44.2 Å². The molecule has 0 radical (unpaired) electrons. The van der Waals surface area contributed by atoms with Crippen LogP contribution in [0.3, 0.4) is 0 Å². The molecule has 0 bridgehead atoms. The van der Waals surface area contributed by atoms with Gasteiger partial charge < -0.3 is 59.9 Å². The number of ether oxygens (including phenoxy) is 5. The van der Waals surface area contributed by atoms with Gasteiger partial charge in [-0.1, -0.05) is 13.8 Å². The highest BCUT2D eigenvalue weighted by molar-refractivity contribution is 5.71. The van der Waals surface area contributed by atoms with Gasteiger partial charge in [0.05, 0.1) is 43.1 Å². The number of benzene rings is 2. The van der Waals surface area contributed by atoms with E-state index in [1.165, 1.54) is 0 Å². The van der Waals surface area contributed by atoms with E-state index in [2.05, 4.69) is 73.1 Å². The lowest BCUT2D eigenvalue weighted by Gasteiger charge is -2.29. The summed E-state index contributed by atoms with van der Waals surface area (Å²) in [6.45, 7) is 9.63. The summed E-state index contributed by atoms with van der Waals surface area (Å²) in [6.07, 6.45) is 10.2. The van der Waals surface area contributed by atoms with E-state index < -0.39 is 10.8 Å². The second kappa shape index (κ2) is 19.6. The quantitative estimate of drug-likeness (QED) is 0.0469. The molecule has 4 aromatic heterocycles. The van der Waals surface area contributed by atoms with Gasteiger partial charge in [-0.25, -0.2) is 29.9 Å². The van der Waals surface area contributed by atoms with Crippen LogP contribution in [0.4, 0.5) is 34.9 Å². The van der Waals surface area contributed by atoms with Crippen LogP contribution >= 0.6 is 0 Å². The minimum absolute atomic E-state index is 0.00692. The lowest BCUT2D eigenvalue weighted by Crippen LogP contribution is -2.35. The smallest absolute Gasteiger partial charge is 0.227 e. The number of hydrogen-bond donors (Lipinski definition) is 5. The molecule has 0 amide bonds. The van der Waals surface area contributed by atoms with Gasteiger partial charge in [0.25, 0.3) is 0 Å². The summed E-state index contributed by atoms with van der Waals surface area (Å²) >= 11 is 0. The number of hydrogen-bond acceptors (Lipinski definition) is 18. The number of aliphatic hydroxyl groups is 1. The molecule has 0 spiro atoms. The van der Waals surface area contributed by atoms with Crippen molar-refractivity contribution in [1.82, 2.24) is 39.7 Å². The monoisotopic (exact) mass is 936 g/mol. The largest absolute Gasteiger partial charge is 0.494 e. The van der Waals surface area contributed by atoms with Gasteiger partial charge in [-0.15, -0.1) is 0 Å². The molecule has 2 aromatic carbocycles. The number of aromatic nitrogens is 6. The number of anilines is 6. The van der Waals surface area contributed by atoms with Crippen LogP contribution < -0.4 is 40.2 Å². The molecule has 0 saturated carbocycles. The summed E-state index contributed by atoms with van der Waals surface area (Å²) in [5.41, 5.74) is 5.58. The molecule has 4 aliphatic heterocycles. The number of nitrogens with one attached hydrogen (secondary N) is 4. The highest BCUT2D eigenvalue weighted by Crippen LogP contribution is 2.40. The number of likely N-dealkylation sites (tertiary alicyclic amines) is 2. The molecule has 6 aromatic rings. The summed E-state index contributed by atoms with van der Waals surface area (Å²) in [5.74, 6) is 5.02. The van der Waals surface area contributed by atoms with Gasteiger partial charge in [0.1, 0.15) is 46.8 Å². The highest BCUT2D eigenvalue weighted by Gasteiger charge is 2.37. The predicted octanol–water partition coefficient (Wildman–Crippen LogP) is 6.85. The molecule has 10 rings (SSSR count). The lowest BCUT2D eigenvalue weighted by molar-refractivity contribution is -0.00453. The number of rotatable bonds is 17. The van der Waals surface area contributed by atoms with E-state index in [-0.39, 0.29) is 25.6 Å². The first-order valence-electron chi connectivity index (χ1n) is 23.6. The summed E-state index contributed by atoms with van der Waals surface area (Å²) < 4.78 is 31.2. The molecule has 2 saturated heterocycles. The molecule has 2 fully saturated rings. The van der Waals surface area contributed by atoms with Gasteiger partial charge in [-0.2, -0.15) is 0 Å². The van der Waals surface area contributed by atoms with Crippen LogP contribution in [0.25, 0.3) is 22.5 Å². The van der Waals surface area contributed by atoms with Gasteiger partial charge in [0.15, 0.2) is 6.79 Å². The summed E-state index contributed by atoms with van der Waals surface area (Å²) in [5, 5.41) is 23.6. The van der Waals surface area contributed by atoms with E-state index >= 15 is 0 Å². The fourth-order valence-electron chi connectivity index (χ4n) is 9.33. The minimum atomic E-state index is -0.430. The van der Waals surface area contributed by atoms with E-state index in [0.29, 0.717) is 65.9 Å². The van der Waals surface area contributed by atoms with Crippen LogP contribution in [0.5, 0.6) is 23.0 Å². The second-order valence-corrected chi connectivity index (χ2v) is 19.0. The van der Waals surface area contributed by atoms with Crippen molar-refractivity contribution < 1.29 is 28.8 Å². The number of nitrogens with zero attached hydrogens (tertiary/aromatic N) is 8. The van der Waals surface area contributed by atoms with Crippen molar-refractivity contribution in [3.8, 4) is 45.5 Å². The molecule has 18 heteroatoms. The Balaban J connectivity index is 0.820. The van der Waals surface area contributed by atoms with Gasteiger partial charge in [0, 0.05) is 109 Å². The standard InChI is InChI=1S/C51H60N12O6/c1-50(29-64)27-56-46-38(50)20-32(24-54-46)40-10-16-53-49(59-40)61-43-9-7-36(68-34-12-17-62(3)18-13-34)23-45(43)67-31-66-30-51(2)28-57-47-39(51)21-33(25-55-47)41-11-15-52-48(58-41)60-42-8-6-35(22-44(42)65-5)69-37-14-19-63(4)26-37/h6-11,15-16,20-25,34,37,64H,12-14,17-19,26-31H2,1-5H3,(H,54,56)(H,55,57)(H,52,58,60)(H,53,59,61). The number of likely N-dealkylation sites (N-methyl/N-ethyl adjacent to an activating group) is 1. The SMILES string of the molecule is COc1cc(OC2CCN(C)C2)ccc1Nc1nccc(-c2cnc3c(c2)C(C)(COCOc2cc(OC4CCN(C)CC4)ccc2Nc2nccc(-c4cnc5c(c4)C(C)(CO)CN5)n2)CN3)n1. The summed E-state index contributed by atoms with van der Waals surface area (Å²) in [6, 6.07) is 19.4. The molecule has 69 heavy (non-hydrogen) atoms. The maximum Gasteiger partial charge on any atom is 0.227 e. The molecule has 3 atom stereocenters. The third-order valence-corrected chi connectivity index (χ3v) is 13.6. The van der Waals surface area contributed by atoms with E-state index in [9.17, 15) is 5.11 Å². The molecule has 360 valence electrons. The Morgan fingerprint density at radius 3 is 1.83 bits per heavy atom. The summed E-state index contributed by atoms with van der Waals surface area (Å²) in [4.78, 5) is 32.8. The van der Waals surface area contributed by atoms with Crippen molar-refractivity contribution in [3.63, 3.8) is 0 Å². The Kier molecular flexibility index (Phi) is 13.1. The molecule has 0 aliphatic carbocycles. The van der Waals surface area contributed by atoms with Gasteiger partial charge >= 0.3 is 0 Å². The first-order valence-corrected chi connectivity index (χ1v) is 23.6. The van der Waals surface area contributed by atoms with Crippen LogP contribution in [0.15, 0.2) is 85.5 Å². The lowest BCUT2D eigenvalue weighted by atomic mass is 9.85. The maximum absolute atomic E-state index is 10.2. The van der Waals surface area contributed by atoms with Gasteiger partial charge in [-0.05, 0) is 81.9 Å². The van der Waals surface area contributed by atoms with E-state index in [4.69, 9.17) is 38.6 Å². The first kappa shape index (κ1) is 45.9. The van der Waals surface area contributed by atoms with Crippen molar-refractivity contribution in [2.45, 2.75) is 56.1 Å². The van der Waals surface area contributed by atoms with Crippen molar-refractivity contribution in [1.29, 1.82) is 0 Å². The summed E-state index contributed by atoms with van der Waals surface area (Å²) in [7, 11) is 5.88. The van der Waals surface area contributed by atoms with Crippen molar-refractivity contribution in [3.05, 3.63) is 96.6 Å². The molecule has 3 unspecified atom stereocenters. The average Bonchev–Trinajstić information content (AvgIpc) is 4.05. The topological polar surface area (TPSA) is 198 Å². The molecular weight excluding hydrogens is 877 g/mol. The van der Waals surface area contributed by atoms with E-state index in [1.54, 1.807) is 25.7 Å². The number of fused-ring (bicyclic) bond motifs is 2. The van der Waals surface area contributed by atoms with Gasteiger partial charge in [-0.3, -0.25) is 0 Å². The van der Waals surface area contributed by atoms with Crippen molar-refractivity contribution in [2.24, 2.45) is 0 Å². The average molecular weight is 937 g/mol. The van der Waals surface area contributed by atoms with Gasteiger partial charge in [0.2, 0.25) is 11.9 Å². The Morgan fingerprint density at radius 1 is 0.681 bits per heavy atom. The van der Waals surface area contributed by atoms with E-state index in [0.717, 1.165) is 90.8 Å². The Bertz CT molecular complexity index is 2790. The third kappa shape index (κ3) is 10.2. The van der Waals surface area contributed by atoms with Crippen LogP contribution in [-0.2, 0) is 15.6 Å². The van der Waals surface area contributed by atoms with Crippen LogP contribution in [0, 0.1) is 0 Å². The zero-order valence-electron chi connectivity index (χ0n) is 39.8. The maximum atomic E-state index is 10.2. The number of pyridine rings is 2. The molecule has 4 aliphatic rings. The number of aliphatic hydroxyl groups excluding tert-OH is 1. The van der Waals surface area contributed by atoms with Crippen molar-refractivity contribution >= 4 is 34.9 Å². The molecule has 5 N–H and O–H groups in total. The first-order chi connectivity index (χ1) is 33.5. The molecular formula is C51H60N12O6.